The molecule has 24 heavy (non-hydrogen) atoms. The van der Waals surface area contributed by atoms with Crippen LogP contribution < -0.4 is 4.72 Å². The molecule has 2 aliphatic rings. The van der Waals surface area contributed by atoms with Gasteiger partial charge in [-0.3, -0.25) is 4.79 Å². The van der Waals surface area contributed by atoms with Crippen LogP contribution in [0.15, 0.2) is 29.2 Å². The summed E-state index contributed by atoms with van der Waals surface area (Å²) in [6.45, 7) is 2.97. The lowest BCUT2D eigenvalue weighted by Crippen LogP contribution is -2.39. The van der Waals surface area contributed by atoms with E-state index in [1.54, 1.807) is 17.0 Å². The van der Waals surface area contributed by atoms with E-state index in [1.807, 2.05) is 0 Å². The number of hydrogen-bond donors (Lipinski definition) is 1. The molecule has 0 aromatic heterocycles. The average Bonchev–Trinajstić information content (AvgIpc) is 3.15. The lowest BCUT2D eigenvalue weighted by Gasteiger charge is -2.23. The van der Waals surface area contributed by atoms with Crippen LogP contribution in [0.5, 0.6) is 0 Å². The molecule has 2 heterocycles. The van der Waals surface area contributed by atoms with Crippen molar-refractivity contribution in [1.82, 2.24) is 9.62 Å². The number of nitrogens with one attached hydrogen (secondary N) is 1. The first kappa shape index (κ1) is 17.3. The van der Waals surface area contributed by atoms with E-state index in [-0.39, 0.29) is 23.5 Å². The Kier molecular flexibility index (Phi) is 5.50. The van der Waals surface area contributed by atoms with Gasteiger partial charge in [0.15, 0.2) is 0 Å². The second kappa shape index (κ2) is 7.60. The van der Waals surface area contributed by atoms with E-state index in [2.05, 4.69) is 4.72 Å². The highest BCUT2D eigenvalue weighted by molar-refractivity contribution is 7.89. The van der Waals surface area contributed by atoms with Crippen molar-refractivity contribution in [3.8, 4) is 0 Å². The highest BCUT2D eigenvalue weighted by atomic mass is 32.2. The number of ether oxygens (including phenoxy) is 2. The van der Waals surface area contributed by atoms with Gasteiger partial charge in [0.2, 0.25) is 10.0 Å². The molecule has 0 aliphatic carbocycles. The predicted octanol–water partition coefficient (Wildman–Crippen LogP) is 0.616. The third-order valence-electron chi connectivity index (χ3n) is 4.17. The Labute approximate surface area is 142 Å². The third kappa shape index (κ3) is 4.13. The number of carbonyl (C=O) groups excluding carboxylic acids is 1. The van der Waals surface area contributed by atoms with E-state index >= 15 is 0 Å². The molecule has 0 spiro atoms. The SMILES string of the molecule is O=C(c1cccc(S(=O)(=O)NC[C@H]2COCCO2)c1)N1CCCC1. The van der Waals surface area contributed by atoms with Crippen molar-refractivity contribution in [2.75, 3.05) is 39.5 Å². The summed E-state index contributed by atoms with van der Waals surface area (Å²) >= 11 is 0. The Morgan fingerprint density at radius 2 is 2.04 bits per heavy atom. The molecule has 2 fully saturated rings. The number of amides is 1. The number of hydrogen-bond acceptors (Lipinski definition) is 5. The van der Waals surface area contributed by atoms with E-state index in [0.717, 1.165) is 25.9 Å². The number of rotatable bonds is 5. The van der Waals surface area contributed by atoms with Crippen molar-refractivity contribution in [1.29, 1.82) is 0 Å². The van der Waals surface area contributed by atoms with E-state index in [0.29, 0.717) is 25.4 Å². The molecule has 2 aliphatic heterocycles. The minimum atomic E-state index is -3.70. The van der Waals surface area contributed by atoms with Crippen LogP contribution >= 0.6 is 0 Å². The van der Waals surface area contributed by atoms with Gasteiger partial charge in [0, 0.05) is 25.2 Å². The Bertz CT molecular complexity index is 679. The third-order valence-corrected chi connectivity index (χ3v) is 5.59. The van der Waals surface area contributed by atoms with Crippen LogP contribution in [0.4, 0.5) is 0 Å². The summed E-state index contributed by atoms with van der Waals surface area (Å²) in [5.74, 6) is -0.117. The maximum absolute atomic E-state index is 12.4. The molecule has 0 bridgehead atoms. The zero-order valence-corrected chi connectivity index (χ0v) is 14.3. The molecular formula is C16H22N2O5S. The van der Waals surface area contributed by atoms with Gasteiger partial charge in [0.25, 0.3) is 5.91 Å². The number of likely N-dealkylation sites (tertiary alicyclic amines) is 1. The molecule has 7 nitrogen and oxygen atoms in total. The monoisotopic (exact) mass is 354 g/mol. The van der Waals surface area contributed by atoms with Crippen LogP contribution in [0.1, 0.15) is 23.2 Å². The minimum absolute atomic E-state index is 0.0873. The van der Waals surface area contributed by atoms with Crippen LogP contribution in [0.3, 0.4) is 0 Å². The maximum atomic E-state index is 12.4. The molecule has 1 N–H and O–H groups in total. The van der Waals surface area contributed by atoms with Gasteiger partial charge in [-0.2, -0.15) is 0 Å². The molecule has 0 unspecified atom stereocenters. The van der Waals surface area contributed by atoms with E-state index in [4.69, 9.17) is 9.47 Å². The van der Waals surface area contributed by atoms with Gasteiger partial charge >= 0.3 is 0 Å². The average molecular weight is 354 g/mol. The molecule has 8 heteroatoms. The molecule has 1 atom stereocenters. The predicted molar refractivity (Wildman–Crippen MR) is 87.3 cm³/mol. The van der Waals surface area contributed by atoms with Gasteiger partial charge in [-0.1, -0.05) is 6.07 Å². The Balaban J connectivity index is 1.68. The number of nitrogens with zero attached hydrogens (tertiary/aromatic N) is 1. The fourth-order valence-electron chi connectivity index (χ4n) is 2.84. The molecule has 1 amide bonds. The van der Waals surface area contributed by atoms with Crippen LogP contribution in [0.25, 0.3) is 0 Å². The first-order valence-corrected chi connectivity index (χ1v) is 9.63. The van der Waals surface area contributed by atoms with E-state index in [1.165, 1.54) is 12.1 Å². The van der Waals surface area contributed by atoms with Crippen molar-refractivity contribution in [3.05, 3.63) is 29.8 Å². The van der Waals surface area contributed by atoms with Crippen molar-refractivity contribution in [3.63, 3.8) is 0 Å². The maximum Gasteiger partial charge on any atom is 0.253 e. The molecule has 2 saturated heterocycles. The summed E-state index contributed by atoms with van der Waals surface area (Å²) in [5, 5.41) is 0. The van der Waals surface area contributed by atoms with Gasteiger partial charge in [0.1, 0.15) is 0 Å². The topological polar surface area (TPSA) is 84.9 Å². The van der Waals surface area contributed by atoms with Crippen LogP contribution in [-0.2, 0) is 19.5 Å². The first-order chi connectivity index (χ1) is 11.6. The lowest BCUT2D eigenvalue weighted by atomic mass is 10.2. The molecule has 3 rings (SSSR count). The smallest absolute Gasteiger partial charge is 0.253 e. The fraction of sp³-hybridized carbons (Fsp3) is 0.562. The summed E-state index contributed by atoms with van der Waals surface area (Å²) in [6, 6.07) is 6.17. The van der Waals surface area contributed by atoms with Crippen LogP contribution in [0.2, 0.25) is 0 Å². The Hall–Kier alpha value is -1.48. The number of sulfonamides is 1. The minimum Gasteiger partial charge on any atom is -0.376 e. The van der Waals surface area contributed by atoms with Gasteiger partial charge in [-0.05, 0) is 31.0 Å². The Morgan fingerprint density at radius 1 is 1.25 bits per heavy atom. The summed E-state index contributed by atoms with van der Waals surface area (Å²) < 4.78 is 38.1. The van der Waals surface area contributed by atoms with Gasteiger partial charge in [-0.25, -0.2) is 13.1 Å². The summed E-state index contributed by atoms with van der Waals surface area (Å²) in [6.07, 6.45) is 1.70. The second-order valence-electron chi connectivity index (χ2n) is 5.95. The molecule has 1 aromatic rings. The number of benzene rings is 1. The second-order valence-corrected chi connectivity index (χ2v) is 7.71. The quantitative estimate of drug-likeness (QED) is 0.838. The fourth-order valence-corrected chi connectivity index (χ4v) is 3.95. The Morgan fingerprint density at radius 3 is 2.75 bits per heavy atom. The van der Waals surface area contributed by atoms with Crippen molar-refractivity contribution in [2.45, 2.75) is 23.8 Å². The molecular weight excluding hydrogens is 332 g/mol. The summed E-state index contributed by atoms with van der Waals surface area (Å²) in [4.78, 5) is 14.2. The van der Waals surface area contributed by atoms with Crippen LogP contribution in [-0.4, -0.2) is 64.8 Å². The van der Waals surface area contributed by atoms with Crippen molar-refractivity contribution in [2.24, 2.45) is 0 Å². The molecule has 0 saturated carbocycles. The molecule has 1 aromatic carbocycles. The van der Waals surface area contributed by atoms with Crippen molar-refractivity contribution >= 4 is 15.9 Å². The zero-order valence-electron chi connectivity index (χ0n) is 13.4. The van der Waals surface area contributed by atoms with Gasteiger partial charge < -0.3 is 14.4 Å². The number of carbonyl (C=O) groups is 1. The largest absolute Gasteiger partial charge is 0.376 e. The molecule has 132 valence electrons. The van der Waals surface area contributed by atoms with E-state index < -0.39 is 10.0 Å². The summed E-state index contributed by atoms with van der Waals surface area (Å²) in [5.41, 5.74) is 0.400. The van der Waals surface area contributed by atoms with E-state index in [9.17, 15) is 13.2 Å². The highest BCUT2D eigenvalue weighted by Gasteiger charge is 2.23. The van der Waals surface area contributed by atoms with Gasteiger partial charge in [-0.15, -0.1) is 0 Å². The normalized spacial score (nSPS) is 21.8. The standard InChI is InChI=1S/C16H22N2O5S/c19-16(18-6-1-2-7-18)13-4-3-5-15(10-13)24(20,21)17-11-14-12-22-8-9-23-14/h3-5,10,14,17H,1-2,6-9,11-12H2/t14-/m0/s1. The molecule has 0 radical (unpaired) electrons. The zero-order chi connectivity index (χ0) is 17.0. The summed E-state index contributed by atoms with van der Waals surface area (Å²) in [7, 11) is -3.70. The van der Waals surface area contributed by atoms with Crippen molar-refractivity contribution < 1.29 is 22.7 Å². The van der Waals surface area contributed by atoms with Crippen LogP contribution in [0, 0.1) is 0 Å². The van der Waals surface area contributed by atoms with Gasteiger partial charge in [0.05, 0.1) is 30.8 Å². The first-order valence-electron chi connectivity index (χ1n) is 8.14. The highest BCUT2D eigenvalue weighted by Crippen LogP contribution is 2.16. The lowest BCUT2D eigenvalue weighted by molar-refractivity contribution is -0.0846.